The normalized spacial score (nSPS) is 21.4. The molecule has 1 aromatic heterocycles. The predicted molar refractivity (Wildman–Crippen MR) is 77.7 cm³/mol. The summed E-state index contributed by atoms with van der Waals surface area (Å²) in [6.45, 7) is 4.87. The Balaban J connectivity index is 1.94. The van der Waals surface area contributed by atoms with Gasteiger partial charge in [0.15, 0.2) is 6.10 Å². The van der Waals surface area contributed by atoms with Crippen LogP contribution in [0.2, 0.25) is 0 Å². The Hall–Kier alpha value is -1.46. The molecular formula is C15H17FN2OS. The standard InChI is InChI=1S/C15H17FN2OS/c1-3-17-12-7-14(15-18-9(2)8-20-15)19-13-5-4-10(16)6-11(12)13/h4-6,8,12,14,17H,3,7H2,1-2H3. The van der Waals surface area contributed by atoms with Gasteiger partial charge >= 0.3 is 0 Å². The van der Waals surface area contributed by atoms with Crippen molar-refractivity contribution >= 4 is 11.3 Å². The highest BCUT2D eigenvalue weighted by Crippen LogP contribution is 2.41. The zero-order valence-corrected chi connectivity index (χ0v) is 12.3. The Morgan fingerprint density at radius 2 is 2.35 bits per heavy atom. The second kappa shape index (κ2) is 5.50. The van der Waals surface area contributed by atoms with Crippen LogP contribution in [0.1, 0.15) is 41.8 Å². The van der Waals surface area contributed by atoms with E-state index in [0.717, 1.165) is 35.0 Å². The van der Waals surface area contributed by atoms with Gasteiger partial charge in [-0.3, -0.25) is 0 Å². The topological polar surface area (TPSA) is 34.2 Å². The lowest BCUT2D eigenvalue weighted by Gasteiger charge is -2.31. The summed E-state index contributed by atoms with van der Waals surface area (Å²) in [7, 11) is 0. The van der Waals surface area contributed by atoms with Crippen molar-refractivity contribution in [1.82, 2.24) is 10.3 Å². The summed E-state index contributed by atoms with van der Waals surface area (Å²) >= 11 is 1.62. The molecule has 0 amide bonds. The lowest BCUT2D eigenvalue weighted by Crippen LogP contribution is -2.29. The molecule has 0 fully saturated rings. The maximum Gasteiger partial charge on any atom is 0.152 e. The Bertz CT molecular complexity index is 614. The lowest BCUT2D eigenvalue weighted by molar-refractivity contribution is 0.151. The summed E-state index contributed by atoms with van der Waals surface area (Å²) in [6, 6.07) is 4.82. The third-order valence-electron chi connectivity index (χ3n) is 3.43. The lowest BCUT2D eigenvalue weighted by atomic mass is 9.96. The van der Waals surface area contributed by atoms with Gasteiger partial charge in [0.2, 0.25) is 0 Å². The number of ether oxygens (including phenoxy) is 1. The van der Waals surface area contributed by atoms with Crippen molar-refractivity contribution in [2.45, 2.75) is 32.4 Å². The van der Waals surface area contributed by atoms with Crippen LogP contribution < -0.4 is 10.1 Å². The third kappa shape index (κ3) is 2.55. The van der Waals surface area contributed by atoms with Crippen LogP contribution >= 0.6 is 11.3 Å². The van der Waals surface area contributed by atoms with Crippen LogP contribution in [0, 0.1) is 12.7 Å². The minimum absolute atomic E-state index is 0.0595. The van der Waals surface area contributed by atoms with Crippen molar-refractivity contribution in [2.24, 2.45) is 0 Å². The van der Waals surface area contributed by atoms with Crippen LogP contribution in [-0.2, 0) is 0 Å². The number of rotatable bonds is 3. The molecule has 0 saturated heterocycles. The zero-order valence-electron chi connectivity index (χ0n) is 11.5. The van der Waals surface area contributed by atoms with Crippen LogP contribution in [0.15, 0.2) is 23.6 Å². The summed E-state index contributed by atoms with van der Waals surface area (Å²) in [6.07, 6.45) is 0.716. The number of benzene rings is 1. The molecule has 0 saturated carbocycles. The van der Waals surface area contributed by atoms with E-state index in [9.17, 15) is 4.39 Å². The molecule has 0 bridgehead atoms. The first kappa shape index (κ1) is 13.5. The number of fused-ring (bicyclic) bond motifs is 1. The van der Waals surface area contributed by atoms with E-state index < -0.39 is 0 Å². The van der Waals surface area contributed by atoms with Crippen LogP contribution in [-0.4, -0.2) is 11.5 Å². The first-order chi connectivity index (χ1) is 9.67. The Kier molecular flexibility index (Phi) is 3.72. The molecule has 106 valence electrons. The van der Waals surface area contributed by atoms with Crippen LogP contribution in [0.3, 0.4) is 0 Å². The third-order valence-corrected chi connectivity index (χ3v) is 4.48. The molecule has 0 aliphatic carbocycles. The molecule has 2 heterocycles. The molecule has 1 aliphatic heterocycles. The van der Waals surface area contributed by atoms with Gasteiger partial charge in [0.1, 0.15) is 16.6 Å². The molecule has 3 nitrogen and oxygen atoms in total. The minimum atomic E-state index is -0.223. The fourth-order valence-electron chi connectivity index (χ4n) is 2.55. The fraction of sp³-hybridized carbons (Fsp3) is 0.400. The van der Waals surface area contributed by atoms with Crippen molar-refractivity contribution in [3.05, 3.63) is 45.7 Å². The highest BCUT2D eigenvalue weighted by atomic mass is 32.1. The summed E-state index contributed by atoms with van der Waals surface area (Å²) < 4.78 is 19.4. The quantitative estimate of drug-likeness (QED) is 0.935. The van der Waals surface area contributed by atoms with Gasteiger partial charge < -0.3 is 10.1 Å². The van der Waals surface area contributed by atoms with E-state index in [-0.39, 0.29) is 18.0 Å². The van der Waals surface area contributed by atoms with Gasteiger partial charge in [0.25, 0.3) is 0 Å². The molecule has 1 N–H and O–H groups in total. The first-order valence-electron chi connectivity index (χ1n) is 6.79. The summed E-state index contributed by atoms with van der Waals surface area (Å²) in [5.74, 6) is 0.528. The summed E-state index contributed by atoms with van der Waals surface area (Å²) in [5, 5.41) is 6.42. The van der Waals surface area contributed by atoms with E-state index in [1.807, 2.05) is 12.3 Å². The smallest absolute Gasteiger partial charge is 0.152 e. The molecule has 1 aliphatic rings. The van der Waals surface area contributed by atoms with Gasteiger partial charge in [-0.1, -0.05) is 6.92 Å². The molecule has 0 spiro atoms. The molecular weight excluding hydrogens is 275 g/mol. The minimum Gasteiger partial charge on any atom is -0.483 e. The van der Waals surface area contributed by atoms with E-state index in [1.54, 1.807) is 23.5 Å². The van der Waals surface area contributed by atoms with E-state index in [4.69, 9.17) is 4.74 Å². The highest BCUT2D eigenvalue weighted by molar-refractivity contribution is 7.09. The fourth-order valence-corrected chi connectivity index (χ4v) is 3.39. The summed E-state index contributed by atoms with van der Waals surface area (Å²) in [5.41, 5.74) is 1.91. The molecule has 3 rings (SSSR count). The van der Waals surface area contributed by atoms with Gasteiger partial charge in [0, 0.05) is 29.1 Å². The molecule has 0 radical (unpaired) electrons. The maximum atomic E-state index is 13.4. The van der Waals surface area contributed by atoms with E-state index in [1.165, 1.54) is 6.07 Å². The maximum absolute atomic E-state index is 13.4. The highest BCUT2D eigenvalue weighted by Gasteiger charge is 2.30. The second-order valence-corrected chi connectivity index (χ2v) is 5.85. The molecule has 2 unspecified atom stereocenters. The number of halogens is 1. The molecule has 1 aromatic carbocycles. The average molecular weight is 292 g/mol. The van der Waals surface area contributed by atoms with Gasteiger partial charge in [0.05, 0.1) is 0 Å². The van der Waals surface area contributed by atoms with Crippen LogP contribution in [0.4, 0.5) is 4.39 Å². The van der Waals surface area contributed by atoms with Gasteiger partial charge in [-0.2, -0.15) is 0 Å². The van der Waals surface area contributed by atoms with Crippen molar-refractivity contribution in [3.63, 3.8) is 0 Å². The van der Waals surface area contributed by atoms with Crippen LogP contribution in [0.25, 0.3) is 0 Å². The number of nitrogens with zero attached hydrogens (tertiary/aromatic N) is 1. The Morgan fingerprint density at radius 3 is 3.05 bits per heavy atom. The largest absolute Gasteiger partial charge is 0.483 e. The number of hydrogen-bond acceptors (Lipinski definition) is 4. The number of thiazole rings is 1. The number of aryl methyl sites for hydroxylation is 1. The molecule has 20 heavy (non-hydrogen) atoms. The van der Waals surface area contributed by atoms with Gasteiger partial charge in [-0.05, 0) is 31.7 Å². The van der Waals surface area contributed by atoms with Gasteiger partial charge in [-0.25, -0.2) is 9.37 Å². The number of hydrogen-bond donors (Lipinski definition) is 1. The van der Waals surface area contributed by atoms with Crippen molar-refractivity contribution < 1.29 is 9.13 Å². The zero-order chi connectivity index (χ0) is 14.1. The Morgan fingerprint density at radius 1 is 1.50 bits per heavy atom. The Labute approximate surface area is 121 Å². The number of aromatic nitrogens is 1. The van der Waals surface area contributed by atoms with Gasteiger partial charge in [-0.15, -0.1) is 11.3 Å². The summed E-state index contributed by atoms with van der Waals surface area (Å²) in [4.78, 5) is 4.51. The van der Waals surface area contributed by atoms with E-state index in [0.29, 0.717) is 0 Å². The van der Waals surface area contributed by atoms with Crippen molar-refractivity contribution in [2.75, 3.05) is 6.54 Å². The van der Waals surface area contributed by atoms with E-state index in [2.05, 4.69) is 17.2 Å². The molecule has 5 heteroatoms. The predicted octanol–water partition coefficient (Wildman–Crippen LogP) is 3.77. The number of nitrogens with one attached hydrogen (secondary N) is 1. The van der Waals surface area contributed by atoms with Crippen LogP contribution in [0.5, 0.6) is 5.75 Å². The molecule has 2 atom stereocenters. The van der Waals surface area contributed by atoms with Crippen molar-refractivity contribution in [1.29, 1.82) is 0 Å². The molecule has 2 aromatic rings. The second-order valence-electron chi connectivity index (χ2n) is 4.96. The monoisotopic (exact) mass is 292 g/mol. The SMILES string of the molecule is CCNC1CC(c2nc(C)cs2)Oc2ccc(F)cc21. The van der Waals surface area contributed by atoms with Crippen molar-refractivity contribution in [3.8, 4) is 5.75 Å². The van der Waals surface area contributed by atoms with E-state index >= 15 is 0 Å². The average Bonchev–Trinajstić information content (AvgIpc) is 2.86. The first-order valence-corrected chi connectivity index (χ1v) is 7.67.